The summed E-state index contributed by atoms with van der Waals surface area (Å²) >= 11 is 6.14. The SMILES string of the molecule is COC1(c2cccc(CS(=O)(=O)Nc3ccc(Cl)cc3OCc3ccccc3)c2)CCOCC1. The first kappa shape index (κ1) is 24.5. The van der Waals surface area contributed by atoms with E-state index in [0.717, 1.165) is 24.0 Å². The minimum atomic E-state index is -3.72. The molecule has 0 radical (unpaired) electrons. The first-order chi connectivity index (χ1) is 16.4. The molecule has 1 N–H and O–H groups in total. The van der Waals surface area contributed by atoms with E-state index < -0.39 is 15.6 Å². The van der Waals surface area contributed by atoms with Crippen molar-refractivity contribution in [1.29, 1.82) is 0 Å². The number of methoxy groups -OCH3 is 1. The van der Waals surface area contributed by atoms with Crippen LogP contribution in [0, 0.1) is 0 Å². The lowest BCUT2D eigenvalue weighted by Gasteiger charge is -2.36. The van der Waals surface area contributed by atoms with Gasteiger partial charge in [-0.25, -0.2) is 8.42 Å². The molecule has 0 bridgehead atoms. The van der Waals surface area contributed by atoms with E-state index in [1.165, 1.54) is 0 Å². The van der Waals surface area contributed by atoms with Crippen LogP contribution in [0.2, 0.25) is 5.02 Å². The monoisotopic (exact) mass is 501 g/mol. The molecule has 6 nitrogen and oxygen atoms in total. The van der Waals surface area contributed by atoms with E-state index in [4.69, 9.17) is 25.8 Å². The van der Waals surface area contributed by atoms with Crippen LogP contribution < -0.4 is 9.46 Å². The molecule has 0 aromatic heterocycles. The molecule has 0 aliphatic carbocycles. The summed E-state index contributed by atoms with van der Waals surface area (Å²) in [7, 11) is -2.03. The third-order valence-corrected chi connectivity index (χ3v) is 7.43. The average Bonchev–Trinajstić information content (AvgIpc) is 2.85. The molecule has 1 saturated heterocycles. The number of halogens is 1. The lowest BCUT2D eigenvalue weighted by molar-refractivity contribution is -0.0948. The highest BCUT2D eigenvalue weighted by Gasteiger charge is 2.34. The maximum atomic E-state index is 13.1. The van der Waals surface area contributed by atoms with Crippen molar-refractivity contribution in [1.82, 2.24) is 0 Å². The summed E-state index contributed by atoms with van der Waals surface area (Å²) in [5.41, 5.74) is 2.49. The minimum Gasteiger partial charge on any atom is -0.487 e. The van der Waals surface area contributed by atoms with Gasteiger partial charge in [-0.05, 0) is 28.8 Å². The lowest BCUT2D eigenvalue weighted by Crippen LogP contribution is -2.35. The average molecular weight is 502 g/mol. The van der Waals surface area contributed by atoms with Gasteiger partial charge in [0.2, 0.25) is 10.0 Å². The molecule has 0 saturated carbocycles. The summed E-state index contributed by atoms with van der Waals surface area (Å²) in [6, 6.07) is 22.0. The predicted molar refractivity (Wildman–Crippen MR) is 134 cm³/mol. The molecule has 1 aliphatic heterocycles. The summed E-state index contributed by atoms with van der Waals surface area (Å²) in [5, 5.41) is 0.458. The van der Waals surface area contributed by atoms with Crippen LogP contribution in [-0.2, 0) is 37.5 Å². The number of rotatable bonds is 9. The molecule has 1 aliphatic rings. The first-order valence-electron chi connectivity index (χ1n) is 11.1. The van der Waals surface area contributed by atoms with Crippen LogP contribution in [0.1, 0.15) is 29.5 Å². The van der Waals surface area contributed by atoms with E-state index in [-0.39, 0.29) is 5.75 Å². The molecule has 3 aromatic rings. The molecule has 8 heteroatoms. The molecule has 1 heterocycles. The smallest absolute Gasteiger partial charge is 0.237 e. The van der Waals surface area contributed by atoms with E-state index in [2.05, 4.69) is 4.72 Å². The van der Waals surface area contributed by atoms with E-state index in [1.807, 2.05) is 48.5 Å². The molecule has 0 spiro atoms. The number of hydrogen-bond acceptors (Lipinski definition) is 5. The van der Waals surface area contributed by atoms with Crippen LogP contribution in [-0.4, -0.2) is 28.7 Å². The van der Waals surface area contributed by atoms with Gasteiger partial charge in [-0.15, -0.1) is 0 Å². The molecule has 4 rings (SSSR count). The lowest BCUT2D eigenvalue weighted by atomic mass is 9.85. The van der Waals surface area contributed by atoms with Crippen molar-refractivity contribution in [2.45, 2.75) is 30.8 Å². The fourth-order valence-corrected chi connectivity index (χ4v) is 5.47. The number of anilines is 1. The summed E-state index contributed by atoms with van der Waals surface area (Å²) in [6.07, 6.45) is 1.45. The van der Waals surface area contributed by atoms with Gasteiger partial charge in [-0.2, -0.15) is 0 Å². The van der Waals surface area contributed by atoms with E-state index in [9.17, 15) is 8.42 Å². The third kappa shape index (κ3) is 6.10. The van der Waals surface area contributed by atoms with Crippen molar-refractivity contribution in [3.8, 4) is 5.75 Å². The predicted octanol–water partition coefficient (Wildman–Crippen LogP) is 5.51. The van der Waals surface area contributed by atoms with E-state index >= 15 is 0 Å². The molecule has 0 atom stereocenters. The normalized spacial score (nSPS) is 15.6. The highest BCUT2D eigenvalue weighted by atomic mass is 35.5. The molecular weight excluding hydrogens is 474 g/mol. The second-order valence-electron chi connectivity index (χ2n) is 8.29. The highest BCUT2D eigenvalue weighted by molar-refractivity contribution is 7.91. The topological polar surface area (TPSA) is 73.9 Å². The Kier molecular flexibility index (Phi) is 7.78. The molecule has 180 valence electrons. The van der Waals surface area contributed by atoms with Gasteiger partial charge in [0, 0.05) is 44.3 Å². The number of sulfonamides is 1. The van der Waals surface area contributed by atoms with E-state index in [0.29, 0.717) is 41.8 Å². The fraction of sp³-hybridized carbons (Fsp3) is 0.308. The van der Waals surface area contributed by atoms with Crippen LogP contribution in [0.15, 0.2) is 72.8 Å². The fourth-order valence-electron chi connectivity index (χ4n) is 4.11. The summed E-state index contributed by atoms with van der Waals surface area (Å²) in [4.78, 5) is 0. The first-order valence-corrected chi connectivity index (χ1v) is 13.1. The molecule has 34 heavy (non-hydrogen) atoms. The molecule has 3 aromatic carbocycles. The quantitative estimate of drug-likeness (QED) is 0.418. The Balaban J connectivity index is 1.51. The van der Waals surface area contributed by atoms with Gasteiger partial charge in [0.1, 0.15) is 12.4 Å². The zero-order valence-corrected chi connectivity index (χ0v) is 20.6. The Hall–Kier alpha value is -2.58. The second kappa shape index (κ2) is 10.8. The summed E-state index contributed by atoms with van der Waals surface area (Å²) in [5.74, 6) is 0.187. The van der Waals surface area contributed by atoms with Gasteiger partial charge < -0.3 is 14.2 Å². The molecule has 1 fully saturated rings. The summed E-state index contributed by atoms with van der Waals surface area (Å²) in [6.45, 7) is 1.52. The number of benzene rings is 3. The highest BCUT2D eigenvalue weighted by Crippen LogP contribution is 2.36. The summed E-state index contributed by atoms with van der Waals surface area (Å²) < 4.78 is 46.0. The Morgan fingerprint density at radius 3 is 2.44 bits per heavy atom. The maximum Gasteiger partial charge on any atom is 0.237 e. The van der Waals surface area contributed by atoms with Crippen LogP contribution in [0.3, 0.4) is 0 Å². The zero-order valence-electron chi connectivity index (χ0n) is 19.0. The maximum absolute atomic E-state index is 13.1. The zero-order chi connectivity index (χ0) is 24.0. The standard InChI is InChI=1S/C26H28ClNO5S/c1-31-26(12-14-32-15-13-26)22-9-5-8-21(16-22)19-34(29,30)28-24-11-10-23(27)17-25(24)33-18-20-6-3-2-4-7-20/h2-11,16-17,28H,12-15,18-19H2,1H3. The van der Waals surface area contributed by atoms with Crippen molar-refractivity contribution in [3.05, 3.63) is 94.5 Å². The minimum absolute atomic E-state index is 0.183. The van der Waals surface area contributed by atoms with Crippen molar-refractivity contribution in [2.75, 3.05) is 25.0 Å². The Morgan fingerprint density at radius 1 is 0.971 bits per heavy atom. The molecule has 0 amide bonds. The van der Waals surface area contributed by atoms with Gasteiger partial charge in [-0.1, -0.05) is 66.2 Å². The number of nitrogens with one attached hydrogen (secondary N) is 1. The van der Waals surface area contributed by atoms with Crippen LogP contribution >= 0.6 is 11.6 Å². The van der Waals surface area contributed by atoms with Gasteiger partial charge in [-0.3, -0.25) is 4.72 Å². The van der Waals surface area contributed by atoms with Crippen LogP contribution in [0.4, 0.5) is 5.69 Å². The van der Waals surface area contributed by atoms with Crippen LogP contribution in [0.5, 0.6) is 5.75 Å². The van der Waals surface area contributed by atoms with Gasteiger partial charge in [0.05, 0.1) is 17.0 Å². The van der Waals surface area contributed by atoms with Crippen LogP contribution in [0.25, 0.3) is 0 Å². The van der Waals surface area contributed by atoms with Crippen molar-refractivity contribution in [2.24, 2.45) is 0 Å². The van der Waals surface area contributed by atoms with Gasteiger partial charge in [0.25, 0.3) is 0 Å². The van der Waals surface area contributed by atoms with Gasteiger partial charge >= 0.3 is 0 Å². The number of ether oxygens (including phenoxy) is 3. The Bertz CT molecular complexity index is 1210. The Morgan fingerprint density at radius 2 is 1.71 bits per heavy atom. The molecule has 0 unspecified atom stereocenters. The van der Waals surface area contributed by atoms with Crippen molar-refractivity contribution in [3.63, 3.8) is 0 Å². The van der Waals surface area contributed by atoms with Crippen molar-refractivity contribution < 1.29 is 22.6 Å². The van der Waals surface area contributed by atoms with E-state index in [1.54, 1.807) is 31.4 Å². The molecular formula is C26H28ClNO5S. The second-order valence-corrected chi connectivity index (χ2v) is 10.4. The largest absolute Gasteiger partial charge is 0.487 e. The van der Waals surface area contributed by atoms with Gasteiger partial charge in [0.15, 0.2) is 0 Å². The number of hydrogen-bond donors (Lipinski definition) is 1. The Labute approximate surface area is 205 Å². The third-order valence-electron chi connectivity index (χ3n) is 5.95. The van der Waals surface area contributed by atoms with Crippen molar-refractivity contribution >= 4 is 27.3 Å².